The topological polar surface area (TPSA) is 210 Å². The third-order valence-electron chi connectivity index (χ3n) is 3.16. The second-order valence-electron chi connectivity index (χ2n) is 5.31. The maximum absolute atomic E-state index is 11.0. The van der Waals surface area contributed by atoms with Gasteiger partial charge in [0, 0.05) is 0 Å². The molecule has 1 unspecified atom stereocenters. The number of ether oxygens (including phenoxy) is 1. The summed E-state index contributed by atoms with van der Waals surface area (Å²) in [7, 11) is 0. The molecular formula is C12H20N2O9. The smallest absolute Gasteiger partial charge is 0.305 e. The van der Waals surface area contributed by atoms with Crippen molar-refractivity contribution in [2.45, 2.75) is 44.6 Å². The second-order valence-corrected chi connectivity index (χ2v) is 5.31. The Kier molecular flexibility index (Phi) is 7.09. The molecule has 23 heavy (non-hydrogen) atoms. The van der Waals surface area contributed by atoms with E-state index in [4.69, 9.17) is 36.6 Å². The molecule has 0 spiro atoms. The van der Waals surface area contributed by atoms with E-state index in [-0.39, 0.29) is 0 Å². The second kappa shape index (κ2) is 7.85. The van der Waals surface area contributed by atoms with Crippen LogP contribution in [0, 0.1) is 5.41 Å². The van der Waals surface area contributed by atoms with Gasteiger partial charge in [0.25, 0.3) is 0 Å². The maximum atomic E-state index is 11.0. The fraction of sp³-hybridized carbons (Fsp3) is 0.667. The van der Waals surface area contributed by atoms with Gasteiger partial charge in [0.2, 0.25) is 0 Å². The Hall–Kier alpha value is -2.24. The lowest BCUT2D eigenvalue weighted by atomic mass is 9.73. The molecule has 0 bridgehead atoms. The first-order valence-corrected chi connectivity index (χ1v) is 6.44. The van der Waals surface area contributed by atoms with E-state index in [1.807, 2.05) is 0 Å². The first kappa shape index (κ1) is 20.8. The Bertz CT molecular complexity index is 448. The van der Waals surface area contributed by atoms with Crippen LogP contribution in [0.3, 0.4) is 0 Å². The van der Waals surface area contributed by atoms with Crippen molar-refractivity contribution in [2.24, 2.45) is 16.9 Å². The highest BCUT2D eigenvalue weighted by Gasteiger charge is 2.53. The van der Waals surface area contributed by atoms with E-state index < -0.39 is 66.9 Å². The number of aliphatic carboxylic acids is 4. The monoisotopic (exact) mass is 336 g/mol. The zero-order valence-corrected chi connectivity index (χ0v) is 12.4. The van der Waals surface area contributed by atoms with Crippen LogP contribution in [0.25, 0.3) is 0 Å². The number of carboxylic acid groups (broad SMARTS) is 4. The van der Waals surface area contributed by atoms with E-state index >= 15 is 0 Å². The van der Waals surface area contributed by atoms with Gasteiger partial charge in [-0.05, 0) is 6.92 Å². The molecule has 0 aliphatic rings. The highest BCUT2D eigenvalue weighted by atomic mass is 16.5. The van der Waals surface area contributed by atoms with Crippen LogP contribution >= 0.6 is 0 Å². The number of hydrogen-bond acceptors (Lipinski definition) is 7. The van der Waals surface area contributed by atoms with Gasteiger partial charge in [-0.1, -0.05) is 0 Å². The third-order valence-corrected chi connectivity index (χ3v) is 3.16. The van der Waals surface area contributed by atoms with E-state index in [0.717, 1.165) is 0 Å². The highest BCUT2D eigenvalue weighted by Crippen LogP contribution is 2.40. The average molecular weight is 336 g/mol. The minimum Gasteiger partial charge on any atom is -0.481 e. The minimum absolute atomic E-state index is 0.542. The summed E-state index contributed by atoms with van der Waals surface area (Å²) in [5, 5.41) is 35.6. The molecule has 0 aliphatic carbocycles. The Labute approximate surface area is 130 Å². The Morgan fingerprint density at radius 2 is 1.22 bits per heavy atom. The molecule has 11 heteroatoms. The lowest BCUT2D eigenvalue weighted by Crippen LogP contribution is -2.67. The van der Waals surface area contributed by atoms with Gasteiger partial charge in [0.15, 0.2) is 5.85 Å². The van der Waals surface area contributed by atoms with Crippen molar-refractivity contribution in [1.29, 1.82) is 0 Å². The highest BCUT2D eigenvalue weighted by molar-refractivity contribution is 5.76. The van der Waals surface area contributed by atoms with Crippen LogP contribution in [-0.4, -0.2) is 56.3 Å². The Morgan fingerprint density at radius 3 is 1.48 bits per heavy atom. The van der Waals surface area contributed by atoms with Crippen molar-refractivity contribution < 1.29 is 44.3 Å². The summed E-state index contributed by atoms with van der Waals surface area (Å²) in [6.45, 7) is 1.27. The van der Waals surface area contributed by atoms with Crippen molar-refractivity contribution >= 4 is 23.9 Å². The molecule has 1 atom stereocenters. The van der Waals surface area contributed by atoms with Crippen LogP contribution in [0.2, 0.25) is 0 Å². The standard InChI is InChI=1S/C12H20N2O9/c1-6(2-7(15)16)23-12(13,14)11(3-8(17)18,4-9(19)20)5-10(21)22/h6H,2-5,13-14H2,1H3,(H,15,16)(H,17,18)(H,19,20)(H,21,22). The molecule has 0 fully saturated rings. The van der Waals surface area contributed by atoms with E-state index in [2.05, 4.69) is 0 Å². The SMILES string of the molecule is CC(CC(=O)O)OC(N)(N)C(CC(=O)O)(CC(=O)O)CC(=O)O. The molecule has 0 aliphatic heterocycles. The lowest BCUT2D eigenvalue weighted by Gasteiger charge is -2.44. The van der Waals surface area contributed by atoms with Crippen LogP contribution in [-0.2, 0) is 23.9 Å². The number of hydrogen-bond donors (Lipinski definition) is 6. The molecule has 0 aromatic heterocycles. The quantitative estimate of drug-likeness (QED) is 0.248. The van der Waals surface area contributed by atoms with Gasteiger partial charge in [0.1, 0.15) is 0 Å². The van der Waals surface area contributed by atoms with Gasteiger partial charge in [-0.15, -0.1) is 0 Å². The largest absolute Gasteiger partial charge is 0.481 e. The predicted octanol–water partition coefficient (Wildman–Crippen LogP) is -1.15. The molecule has 8 N–H and O–H groups in total. The van der Waals surface area contributed by atoms with Gasteiger partial charge >= 0.3 is 23.9 Å². The fourth-order valence-corrected chi connectivity index (χ4v) is 2.22. The first-order chi connectivity index (χ1) is 10.3. The van der Waals surface area contributed by atoms with Crippen LogP contribution in [0.15, 0.2) is 0 Å². The molecule has 132 valence electrons. The summed E-state index contributed by atoms with van der Waals surface area (Å²) >= 11 is 0. The minimum atomic E-state index is -2.49. The average Bonchev–Trinajstić information content (AvgIpc) is 2.22. The van der Waals surface area contributed by atoms with Gasteiger partial charge < -0.3 is 25.2 Å². The van der Waals surface area contributed by atoms with Gasteiger partial charge in [-0.25, -0.2) is 0 Å². The van der Waals surface area contributed by atoms with Crippen molar-refractivity contribution in [3.8, 4) is 0 Å². The van der Waals surface area contributed by atoms with Gasteiger partial charge in [-0.3, -0.25) is 30.6 Å². The number of nitrogens with two attached hydrogens (primary N) is 2. The van der Waals surface area contributed by atoms with Crippen molar-refractivity contribution in [3.05, 3.63) is 0 Å². The van der Waals surface area contributed by atoms with Crippen molar-refractivity contribution in [3.63, 3.8) is 0 Å². The zero-order valence-electron chi connectivity index (χ0n) is 12.4. The van der Waals surface area contributed by atoms with Crippen LogP contribution in [0.4, 0.5) is 0 Å². The predicted molar refractivity (Wildman–Crippen MR) is 73.1 cm³/mol. The summed E-state index contributed by atoms with van der Waals surface area (Å²) in [4.78, 5) is 43.8. The maximum Gasteiger partial charge on any atom is 0.305 e. The molecule has 0 aromatic rings. The molecule has 0 amide bonds. The normalized spacial score (nSPS) is 13.3. The molecule has 0 radical (unpaired) electrons. The van der Waals surface area contributed by atoms with Crippen LogP contribution < -0.4 is 11.5 Å². The third kappa shape index (κ3) is 6.59. The number of rotatable bonds is 11. The molecule has 0 aromatic carbocycles. The van der Waals surface area contributed by atoms with Gasteiger partial charge in [0.05, 0.1) is 37.2 Å². The van der Waals surface area contributed by atoms with Crippen molar-refractivity contribution in [1.82, 2.24) is 0 Å². The summed E-state index contributed by atoms with van der Waals surface area (Å²) < 4.78 is 5.10. The van der Waals surface area contributed by atoms with E-state index in [1.165, 1.54) is 6.92 Å². The molecular weight excluding hydrogens is 316 g/mol. The van der Waals surface area contributed by atoms with Crippen LogP contribution in [0.5, 0.6) is 0 Å². The first-order valence-electron chi connectivity index (χ1n) is 6.44. The van der Waals surface area contributed by atoms with Gasteiger partial charge in [-0.2, -0.15) is 0 Å². The zero-order chi connectivity index (χ0) is 18.4. The van der Waals surface area contributed by atoms with E-state index in [9.17, 15) is 19.2 Å². The molecule has 0 rings (SSSR count). The summed E-state index contributed by atoms with van der Waals surface area (Å²) in [5.74, 6) is -8.32. The Balaban J connectivity index is 5.73. The number of carbonyl (C=O) groups is 4. The molecule has 11 nitrogen and oxygen atoms in total. The summed E-state index contributed by atoms with van der Waals surface area (Å²) in [6.07, 6.45) is -4.60. The molecule has 0 saturated carbocycles. The summed E-state index contributed by atoms with van der Waals surface area (Å²) in [6, 6.07) is 0. The Morgan fingerprint density at radius 1 is 0.870 bits per heavy atom. The van der Waals surface area contributed by atoms with Crippen LogP contribution in [0.1, 0.15) is 32.6 Å². The number of carboxylic acids is 4. The molecule has 0 heterocycles. The van der Waals surface area contributed by atoms with E-state index in [0.29, 0.717) is 0 Å². The van der Waals surface area contributed by atoms with Crippen molar-refractivity contribution in [2.75, 3.05) is 0 Å². The lowest BCUT2D eigenvalue weighted by molar-refractivity contribution is -0.191. The molecule has 0 saturated heterocycles. The summed E-state index contributed by atoms with van der Waals surface area (Å²) in [5.41, 5.74) is 9.20. The fourth-order valence-electron chi connectivity index (χ4n) is 2.22. The van der Waals surface area contributed by atoms with E-state index in [1.54, 1.807) is 0 Å².